The van der Waals surface area contributed by atoms with Gasteiger partial charge in [0.25, 0.3) is 0 Å². The molecular weight excluding hydrogens is 959 g/mol. The molecule has 6 heteroatoms. The van der Waals surface area contributed by atoms with E-state index in [1.54, 1.807) is 6.08 Å². The van der Waals surface area contributed by atoms with Crippen molar-refractivity contribution in [3.8, 4) is 0 Å². The molecule has 1 amide bonds. The number of aliphatic hydroxyl groups is 2. The van der Waals surface area contributed by atoms with Gasteiger partial charge in [0.1, 0.15) is 0 Å². The summed E-state index contributed by atoms with van der Waals surface area (Å²) in [6.45, 7) is 4.91. The second kappa shape index (κ2) is 67.6. The molecule has 460 valence electrons. The number of ether oxygens (including phenoxy) is 1. The zero-order valence-corrected chi connectivity index (χ0v) is 52.7. The fraction of sp³-hybridized carbons (Fsp3) is 0.889. The first-order valence-corrected chi connectivity index (χ1v) is 35.3. The molecule has 0 radical (unpaired) electrons. The summed E-state index contributed by atoms with van der Waals surface area (Å²) < 4.78 is 5.50. The van der Waals surface area contributed by atoms with E-state index >= 15 is 0 Å². The molecule has 3 N–H and O–H groups in total. The summed E-state index contributed by atoms with van der Waals surface area (Å²) in [5.41, 5.74) is 0. The Labute approximate surface area is 487 Å². The Hall–Kier alpha value is -1.92. The van der Waals surface area contributed by atoms with Gasteiger partial charge in [-0.2, -0.15) is 0 Å². The van der Waals surface area contributed by atoms with Crippen molar-refractivity contribution in [1.82, 2.24) is 5.32 Å². The minimum atomic E-state index is -0.841. The van der Waals surface area contributed by atoms with E-state index in [2.05, 4.69) is 43.5 Å². The van der Waals surface area contributed by atoms with Crippen LogP contribution in [0.1, 0.15) is 386 Å². The van der Waals surface area contributed by atoms with E-state index in [1.807, 2.05) is 6.08 Å². The van der Waals surface area contributed by atoms with Crippen LogP contribution in [0.15, 0.2) is 36.5 Å². The Morgan fingerprint density at radius 1 is 0.346 bits per heavy atom. The van der Waals surface area contributed by atoms with Crippen LogP contribution in [0.5, 0.6) is 0 Å². The van der Waals surface area contributed by atoms with Gasteiger partial charge in [0.2, 0.25) is 5.91 Å². The molecule has 0 aliphatic heterocycles. The van der Waals surface area contributed by atoms with Crippen molar-refractivity contribution in [3.63, 3.8) is 0 Å². The average molecular weight is 1100 g/mol. The number of amides is 1. The smallest absolute Gasteiger partial charge is 0.305 e. The first-order valence-electron chi connectivity index (χ1n) is 35.3. The van der Waals surface area contributed by atoms with Gasteiger partial charge < -0.3 is 20.3 Å². The zero-order valence-electron chi connectivity index (χ0n) is 52.7. The molecule has 0 bridgehead atoms. The number of hydrogen-bond donors (Lipinski definition) is 3. The van der Waals surface area contributed by atoms with Gasteiger partial charge in [-0.3, -0.25) is 9.59 Å². The fourth-order valence-electron chi connectivity index (χ4n) is 11.0. The molecule has 2 atom stereocenters. The quantitative estimate of drug-likeness (QED) is 0.0320. The van der Waals surface area contributed by atoms with Gasteiger partial charge in [-0.1, -0.05) is 326 Å². The van der Waals surface area contributed by atoms with E-state index in [-0.39, 0.29) is 18.5 Å². The largest absolute Gasteiger partial charge is 0.466 e. The highest BCUT2D eigenvalue weighted by molar-refractivity contribution is 5.76. The van der Waals surface area contributed by atoms with Crippen molar-refractivity contribution < 1.29 is 24.5 Å². The van der Waals surface area contributed by atoms with E-state index < -0.39 is 12.1 Å². The number of nitrogens with one attached hydrogen (secondary N) is 1. The Morgan fingerprint density at radius 3 is 0.910 bits per heavy atom. The highest BCUT2D eigenvalue weighted by Gasteiger charge is 2.18. The summed E-state index contributed by atoms with van der Waals surface area (Å²) >= 11 is 0. The van der Waals surface area contributed by atoms with Crippen molar-refractivity contribution in [2.75, 3.05) is 13.2 Å². The number of rotatable bonds is 66. The molecule has 78 heavy (non-hydrogen) atoms. The predicted octanol–water partition coefficient (Wildman–Crippen LogP) is 22.7. The Morgan fingerprint density at radius 2 is 0.603 bits per heavy atom. The first kappa shape index (κ1) is 76.1. The molecular formula is C72H137NO5. The lowest BCUT2D eigenvalue weighted by molar-refractivity contribution is -0.143. The lowest BCUT2D eigenvalue weighted by Gasteiger charge is -2.20. The third-order valence-electron chi connectivity index (χ3n) is 16.4. The number of allylic oxidation sites excluding steroid dienone is 5. The van der Waals surface area contributed by atoms with Crippen LogP contribution in [-0.4, -0.2) is 47.4 Å². The topological polar surface area (TPSA) is 95.9 Å². The Kier molecular flexibility index (Phi) is 65.9. The summed E-state index contributed by atoms with van der Waals surface area (Å²) in [4.78, 5) is 24.5. The van der Waals surface area contributed by atoms with Gasteiger partial charge in [-0.25, -0.2) is 0 Å². The van der Waals surface area contributed by atoms with Gasteiger partial charge in [0, 0.05) is 12.8 Å². The molecule has 0 heterocycles. The van der Waals surface area contributed by atoms with Crippen LogP contribution in [0.25, 0.3) is 0 Å². The highest BCUT2D eigenvalue weighted by Crippen LogP contribution is 2.18. The summed E-state index contributed by atoms with van der Waals surface area (Å²) in [5, 5.41) is 23.1. The number of carbonyl (C=O) groups excluding carboxylic acids is 2. The molecule has 2 unspecified atom stereocenters. The molecule has 0 aliphatic carbocycles. The fourth-order valence-corrected chi connectivity index (χ4v) is 11.0. The lowest BCUT2D eigenvalue weighted by Crippen LogP contribution is -2.45. The Balaban J connectivity index is 3.33. The van der Waals surface area contributed by atoms with Gasteiger partial charge in [0.15, 0.2) is 0 Å². The number of aliphatic hydroxyl groups excluding tert-OH is 2. The second-order valence-electron chi connectivity index (χ2n) is 24.2. The van der Waals surface area contributed by atoms with Crippen LogP contribution >= 0.6 is 0 Å². The van der Waals surface area contributed by atoms with Crippen molar-refractivity contribution in [1.29, 1.82) is 0 Å². The number of unbranched alkanes of at least 4 members (excludes halogenated alkanes) is 51. The monoisotopic (exact) mass is 1100 g/mol. The van der Waals surface area contributed by atoms with Gasteiger partial charge in [-0.05, 0) is 83.5 Å². The van der Waals surface area contributed by atoms with Crippen molar-refractivity contribution in [2.24, 2.45) is 0 Å². The van der Waals surface area contributed by atoms with Gasteiger partial charge in [0.05, 0.1) is 25.4 Å². The summed E-state index contributed by atoms with van der Waals surface area (Å²) in [6.07, 6.45) is 86.7. The van der Waals surface area contributed by atoms with E-state index in [0.717, 1.165) is 44.9 Å². The standard InChI is InChI=1S/C72H137NO5/c1-3-5-7-9-11-13-15-16-17-35-39-42-46-50-54-58-62-66-72(77)78-67-63-59-55-51-47-43-40-37-34-32-30-28-26-24-22-20-18-19-21-23-25-27-29-31-33-36-38-41-45-49-53-57-61-65-71(76)73-69(68-74)70(75)64-60-56-52-48-44-14-12-10-8-6-4-2/h16-17,22,24,60,64,69-70,74-75H,3-15,18-21,23,25-59,61-63,65-68H2,1-2H3,(H,73,76)/b17-16-,24-22-,64-60+. The molecule has 0 rings (SSSR count). The maximum absolute atomic E-state index is 12.4. The molecule has 0 saturated carbocycles. The maximum Gasteiger partial charge on any atom is 0.305 e. The minimum Gasteiger partial charge on any atom is -0.466 e. The van der Waals surface area contributed by atoms with Crippen LogP contribution in [-0.2, 0) is 14.3 Å². The summed E-state index contributed by atoms with van der Waals surface area (Å²) in [6, 6.07) is -0.624. The highest BCUT2D eigenvalue weighted by atomic mass is 16.5. The number of esters is 1. The maximum atomic E-state index is 12.4. The van der Waals surface area contributed by atoms with Crippen LogP contribution in [0.2, 0.25) is 0 Å². The third kappa shape index (κ3) is 63.3. The normalized spacial score (nSPS) is 12.7. The predicted molar refractivity (Wildman–Crippen MR) is 343 cm³/mol. The van der Waals surface area contributed by atoms with Crippen molar-refractivity contribution >= 4 is 11.9 Å². The SMILES string of the molecule is CCCCCCCC/C=C\CCCCCCCCCC(=O)OCCCCCCCCCCCCCC/C=C\CCCCCCCCCCCCCCCCCCCC(=O)NC(CO)C(O)/C=C/CCCCCCCCCCC. The van der Waals surface area contributed by atoms with Crippen LogP contribution in [0.3, 0.4) is 0 Å². The van der Waals surface area contributed by atoms with Crippen molar-refractivity contribution in [2.45, 2.75) is 398 Å². The van der Waals surface area contributed by atoms with Gasteiger partial charge in [-0.15, -0.1) is 0 Å². The average Bonchev–Trinajstić information content (AvgIpc) is 3.44. The Bertz CT molecular complexity index is 1260. The lowest BCUT2D eigenvalue weighted by atomic mass is 10.0. The van der Waals surface area contributed by atoms with Crippen LogP contribution in [0.4, 0.5) is 0 Å². The van der Waals surface area contributed by atoms with Crippen LogP contribution in [0, 0.1) is 0 Å². The number of hydrogen-bond acceptors (Lipinski definition) is 5. The minimum absolute atomic E-state index is 0.0154. The van der Waals surface area contributed by atoms with E-state index in [9.17, 15) is 19.8 Å². The van der Waals surface area contributed by atoms with Crippen molar-refractivity contribution in [3.05, 3.63) is 36.5 Å². The summed E-state index contributed by atoms with van der Waals surface area (Å²) in [7, 11) is 0. The van der Waals surface area contributed by atoms with E-state index in [0.29, 0.717) is 19.4 Å². The third-order valence-corrected chi connectivity index (χ3v) is 16.4. The van der Waals surface area contributed by atoms with Gasteiger partial charge >= 0.3 is 5.97 Å². The first-order chi connectivity index (χ1) is 38.5. The van der Waals surface area contributed by atoms with E-state index in [1.165, 1.54) is 315 Å². The molecule has 0 aromatic rings. The molecule has 0 aromatic heterocycles. The van der Waals surface area contributed by atoms with E-state index in [4.69, 9.17) is 4.74 Å². The molecule has 6 nitrogen and oxygen atoms in total. The second-order valence-corrected chi connectivity index (χ2v) is 24.2. The molecule has 0 fully saturated rings. The molecule has 0 aromatic carbocycles. The molecule has 0 saturated heterocycles. The number of carbonyl (C=O) groups is 2. The molecule has 0 spiro atoms. The van der Waals surface area contributed by atoms with Crippen LogP contribution < -0.4 is 5.32 Å². The zero-order chi connectivity index (χ0) is 56.4. The molecule has 0 aliphatic rings. The summed E-state index contributed by atoms with van der Waals surface area (Å²) in [5.74, 6) is -0.0495.